The number of fused-ring (bicyclic) bond motifs is 5. The molecule has 238 valence electrons. The number of aliphatic carboxylic acids is 1. The molecule has 2 aliphatic heterocycles. The zero-order valence-corrected chi connectivity index (χ0v) is 23.8. The van der Waals surface area contributed by atoms with E-state index in [4.69, 9.17) is 25.1 Å². The van der Waals surface area contributed by atoms with E-state index in [0.717, 1.165) is 0 Å². The number of likely N-dealkylation sites (N-methyl/N-ethyl adjacent to an activating group) is 1. The van der Waals surface area contributed by atoms with Crippen molar-refractivity contribution < 1.29 is 46.9 Å². The molecule has 2 aliphatic rings. The summed E-state index contributed by atoms with van der Waals surface area (Å²) in [5.41, 5.74) is 13.1. The highest BCUT2D eigenvalue weighted by Crippen LogP contribution is 2.32. The van der Waals surface area contributed by atoms with Gasteiger partial charge in [-0.05, 0) is 54.1 Å². The number of amides is 3. The SMILES string of the molecule is CN(C)C(=O)COc1ccc2cc1OC/N=C(/N)c1ccc(cc1)NC2C(=O)NNC(=O)c1ccncc1.O=C(O)C(F)(F)F. The zero-order valence-electron chi connectivity index (χ0n) is 23.8. The highest BCUT2D eigenvalue weighted by atomic mass is 19.4. The molecule has 2 aromatic carbocycles. The lowest BCUT2D eigenvalue weighted by Crippen LogP contribution is -2.45. The van der Waals surface area contributed by atoms with Gasteiger partial charge in [0.25, 0.3) is 17.7 Å². The summed E-state index contributed by atoms with van der Waals surface area (Å²) in [4.78, 5) is 56.2. The molecular formula is C28H28F3N7O7. The van der Waals surface area contributed by atoms with E-state index >= 15 is 0 Å². The molecular weight excluding hydrogens is 603 g/mol. The summed E-state index contributed by atoms with van der Waals surface area (Å²) in [6.45, 7) is -0.331. The lowest BCUT2D eigenvalue weighted by molar-refractivity contribution is -0.192. The average Bonchev–Trinajstić information content (AvgIpc) is 3.02. The maximum atomic E-state index is 13.3. The number of hydrogen-bond acceptors (Lipinski definition) is 10. The number of carbonyl (C=O) groups excluding carboxylic acids is 3. The molecule has 5 rings (SSSR count). The van der Waals surface area contributed by atoms with Crippen LogP contribution in [0.25, 0.3) is 0 Å². The fraction of sp³-hybridized carbons (Fsp3) is 0.214. The number of halogens is 3. The van der Waals surface area contributed by atoms with E-state index in [1.807, 2.05) is 0 Å². The molecule has 0 radical (unpaired) electrons. The maximum Gasteiger partial charge on any atom is 0.490 e. The van der Waals surface area contributed by atoms with Gasteiger partial charge in [0.1, 0.15) is 11.9 Å². The average molecular weight is 632 g/mol. The summed E-state index contributed by atoms with van der Waals surface area (Å²) in [6, 6.07) is 14.0. The number of hydrogen-bond donors (Lipinski definition) is 5. The van der Waals surface area contributed by atoms with Crippen molar-refractivity contribution in [2.24, 2.45) is 10.7 Å². The summed E-state index contributed by atoms with van der Waals surface area (Å²) in [5.74, 6) is -3.22. The molecule has 0 fully saturated rings. The summed E-state index contributed by atoms with van der Waals surface area (Å²) in [7, 11) is 3.25. The summed E-state index contributed by atoms with van der Waals surface area (Å²) < 4.78 is 43.2. The molecule has 4 bridgehead atoms. The molecule has 14 nitrogen and oxygen atoms in total. The summed E-state index contributed by atoms with van der Waals surface area (Å²) >= 11 is 0. The van der Waals surface area contributed by atoms with Gasteiger partial charge in [0.2, 0.25) is 0 Å². The van der Waals surface area contributed by atoms with Crippen molar-refractivity contribution in [1.29, 1.82) is 0 Å². The molecule has 1 aromatic heterocycles. The number of amidine groups is 1. The molecule has 6 N–H and O–H groups in total. The number of carbonyl (C=O) groups is 4. The standard InChI is InChI=1S/C26H27N7O5.C2HF3O2/c1-33(2)22(34)14-37-20-8-5-18-13-21(20)38-15-29-24(27)16-3-6-19(7-4-16)30-23(18)26(36)32-31-25(35)17-9-11-28-12-10-17;3-2(4,5)1(6)7/h3-13,23,30H,14-15H2,1-2H3,(H2,27,29)(H,31,35)(H,32,36);(H,6,7). The van der Waals surface area contributed by atoms with Gasteiger partial charge < -0.3 is 30.5 Å². The number of rotatable bonds is 5. The Morgan fingerprint density at radius 2 is 1.71 bits per heavy atom. The van der Waals surface area contributed by atoms with Crippen molar-refractivity contribution in [2.75, 3.05) is 32.7 Å². The molecule has 3 heterocycles. The third-order valence-electron chi connectivity index (χ3n) is 5.84. The van der Waals surface area contributed by atoms with E-state index in [0.29, 0.717) is 22.4 Å². The fourth-order valence-corrected chi connectivity index (χ4v) is 3.44. The van der Waals surface area contributed by atoms with E-state index in [9.17, 15) is 27.6 Å². The number of nitrogens with zero attached hydrogens (tertiary/aromatic N) is 3. The predicted molar refractivity (Wildman–Crippen MR) is 153 cm³/mol. The van der Waals surface area contributed by atoms with Gasteiger partial charge >= 0.3 is 12.1 Å². The molecule has 0 aliphatic carbocycles. The summed E-state index contributed by atoms with van der Waals surface area (Å²) in [5, 5.41) is 10.3. The van der Waals surface area contributed by atoms with Crippen LogP contribution in [-0.2, 0) is 14.4 Å². The van der Waals surface area contributed by atoms with Crippen molar-refractivity contribution in [2.45, 2.75) is 12.2 Å². The first kappa shape index (κ1) is 33.6. The molecule has 3 amide bonds. The van der Waals surface area contributed by atoms with E-state index < -0.39 is 30.0 Å². The highest BCUT2D eigenvalue weighted by Gasteiger charge is 2.38. The molecule has 3 aromatic rings. The van der Waals surface area contributed by atoms with Crippen LogP contribution in [0.4, 0.5) is 18.9 Å². The topological polar surface area (TPSA) is 198 Å². The molecule has 1 atom stereocenters. The zero-order chi connectivity index (χ0) is 33.1. The number of pyridine rings is 1. The first-order chi connectivity index (χ1) is 21.3. The lowest BCUT2D eigenvalue weighted by atomic mass is 10.0. The Hall–Kier alpha value is -5.87. The lowest BCUT2D eigenvalue weighted by Gasteiger charge is -2.22. The second kappa shape index (κ2) is 15.0. The fourth-order valence-electron chi connectivity index (χ4n) is 3.44. The minimum absolute atomic E-state index is 0.124. The molecule has 17 heteroatoms. The van der Waals surface area contributed by atoms with Crippen LogP contribution < -0.4 is 31.4 Å². The normalized spacial score (nSPS) is 15.0. The van der Waals surface area contributed by atoms with Crippen molar-refractivity contribution >= 4 is 35.2 Å². The van der Waals surface area contributed by atoms with Crippen LogP contribution in [0.3, 0.4) is 0 Å². The van der Waals surface area contributed by atoms with Gasteiger partial charge in [-0.25, -0.2) is 9.79 Å². The smallest absolute Gasteiger partial charge is 0.480 e. The molecule has 0 spiro atoms. The number of aromatic nitrogens is 1. The Labute approximate surface area is 254 Å². The quantitative estimate of drug-likeness (QED) is 0.259. The first-order valence-electron chi connectivity index (χ1n) is 12.8. The highest BCUT2D eigenvalue weighted by molar-refractivity contribution is 5.98. The second-order valence-corrected chi connectivity index (χ2v) is 9.24. The number of aliphatic imine (C=N–C) groups is 1. The monoisotopic (exact) mass is 631 g/mol. The van der Waals surface area contributed by atoms with Crippen molar-refractivity contribution in [3.63, 3.8) is 0 Å². The minimum Gasteiger partial charge on any atom is -0.480 e. The molecule has 45 heavy (non-hydrogen) atoms. The van der Waals surface area contributed by atoms with Crippen molar-refractivity contribution in [1.82, 2.24) is 20.7 Å². The summed E-state index contributed by atoms with van der Waals surface area (Å²) in [6.07, 6.45) is -2.13. The van der Waals surface area contributed by atoms with Crippen molar-refractivity contribution in [3.8, 4) is 11.5 Å². The van der Waals surface area contributed by atoms with Crippen molar-refractivity contribution in [3.05, 3.63) is 83.7 Å². The minimum atomic E-state index is -5.08. The maximum absolute atomic E-state index is 13.3. The molecule has 0 saturated heterocycles. The van der Waals surface area contributed by atoms with Crippen LogP contribution in [0.1, 0.15) is 27.5 Å². The predicted octanol–water partition coefficient (Wildman–Crippen LogP) is 1.85. The third kappa shape index (κ3) is 9.84. The number of alkyl halides is 3. The van der Waals surface area contributed by atoms with Crippen LogP contribution in [0, 0.1) is 0 Å². The van der Waals surface area contributed by atoms with Crippen LogP contribution in [0.2, 0.25) is 0 Å². The van der Waals surface area contributed by atoms with E-state index in [1.165, 1.54) is 29.4 Å². The van der Waals surface area contributed by atoms with Crippen LogP contribution in [0.15, 0.2) is 72.0 Å². The Morgan fingerprint density at radius 1 is 1.07 bits per heavy atom. The van der Waals surface area contributed by atoms with Gasteiger partial charge in [-0.2, -0.15) is 13.2 Å². The van der Waals surface area contributed by atoms with Gasteiger partial charge in [0.05, 0.1) is 0 Å². The van der Waals surface area contributed by atoms with Crippen LogP contribution in [-0.4, -0.2) is 78.1 Å². The first-order valence-corrected chi connectivity index (χ1v) is 12.8. The third-order valence-corrected chi connectivity index (χ3v) is 5.84. The van der Waals surface area contributed by atoms with E-state index in [1.54, 1.807) is 56.6 Å². The number of anilines is 1. The van der Waals surface area contributed by atoms with E-state index in [-0.39, 0.29) is 36.6 Å². The Bertz CT molecular complexity index is 1550. The second-order valence-electron chi connectivity index (χ2n) is 9.24. The number of benzene rings is 2. The molecule has 1 unspecified atom stereocenters. The van der Waals surface area contributed by atoms with Gasteiger partial charge in [0.15, 0.2) is 24.8 Å². The number of carboxylic acid groups (broad SMARTS) is 1. The number of carboxylic acids is 1. The number of nitrogens with two attached hydrogens (primary N) is 1. The van der Waals surface area contributed by atoms with E-state index in [2.05, 4.69) is 26.1 Å². The number of nitrogens with one attached hydrogen (secondary N) is 3. The van der Waals surface area contributed by atoms with Crippen LogP contribution in [0.5, 0.6) is 11.5 Å². The Kier molecular flexibility index (Phi) is 11.2. The van der Waals surface area contributed by atoms with Crippen LogP contribution >= 0.6 is 0 Å². The molecule has 0 saturated carbocycles. The largest absolute Gasteiger partial charge is 0.490 e. The Balaban J connectivity index is 0.000000707. The van der Waals surface area contributed by atoms with Gasteiger partial charge in [-0.15, -0.1) is 0 Å². The Morgan fingerprint density at radius 3 is 2.31 bits per heavy atom. The van der Waals surface area contributed by atoms with Gasteiger partial charge in [-0.1, -0.05) is 6.07 Å². The van der Waals surface area contributed by atoms with Gasteiger partial charge in [-0.3, -0.25) is 30.2 Å². The number of ether oxygens (including phenoxy) is 2. The number of hydrazine groups is 1. The van der Waals surface area contributed by atoms with Gasteiger partial charge in [0, 0.05) is 43.3 Å².